The normalized spacial score (nSPS) is 12.8. The van der Waals surface area contributed by atoms with Gasteiger partial charge >= 0.3 is 0 Å². The van der Waals surface area contributed by atoms with Crippen LogP contribution in [0.3, 0.4) is 0 Å². The lowest BCUT2D eigenvalue weighted by molar-refractivity contribution is -0.140. The molecule has 3 rings (SSSR count). The summed E-state index contributed by atoms with van der Waals surface area (Å²) in [5, 5.41) is 2.99. The van der Waals surface area contributed by atoms with Gasteiger partial charge in [0.25, 0.3) is 0 Å². The van der Waals surface area contributed by atoms with E-state index in [2.05, 4.69) is 5.32 Å². The largest absolute Gasteiger partial charge is 0.352 e. The summed E-state index contributed by atoms with van der Waals surface area (Å²) in [6.45, 7) is 5.26. The minimum absolute atomic E-state index is 0.00241. The van der Waals surface area contributed by atoms with E-state index in [1.54, 1.807) is 24.3 Å². The van der Waals surface area contributed by atoms with Crippen LogP contribution in [0.4, 0.5) is 10.1 Å². The number of halogens is 1. The van der Waals surface area contributed by atoms with Crippen LogP contribution in [0.1, 0.15) is 43.9 Å². The molecule has 0 aliphatic heterocycles. The Labute approximate surface area is 237 Å². The van der Waals surface area contributed by atoms with Crippen LogP contribution in [0, 0.1) is 5.82 Å². The van der Waals surface area contributed by atoms with Gasteiger partial charge in [0, 0.05) is 19.0 Å². The zero-order valence-corrected chi connectivity index (χ0v) is 24.3. The van der Waals surface area contributed by atoms with Gasteiger partial charge in [0.15, 0.2) is 0 Å². The smallest absolute Gasteiger partial charge is 0.244 e. The SMILES string of the molecule is CCc1ccccc1N(CC(=O)N(Cc1ccc(F)cc1)[C@@H](Cc1ccccc1)C(=O)N[C@@H](C)CC)S(C)(=O)=O. The molecule has 7 nitrogen and oxygen atoms in total. The second-order valence-corrected chi connectivity index (χ2v) is 11.8. The fraction of sp³-hybridized carbons (Fsp3) is 0.355. The molecule has 2 atom stereocenters. The number of para-hydroxylation sites is 1. The van der Waals surface area contributed by atoms with Crippen molar-refractivity contribution in [3.63, 3.8) is 0 Å². The number of nitrogens with one attached hydrogen (secondary N) is 1. The third kappa shape index (κ3) is 8.39. The van der Waals surface area contributed by atoms with E-state index < -0.39 is 34.3 Å². The second kappa shape index (κ2) is 14.1. The van der Waals surface area contributed by atoms with Gasteiger partial charge in [-0.2, -0.15) is 0 Å². The monoisotopic (exact) mass is 567 g/mol. The predicted molar refractivity (Wildman–Crippen MR) is 157 cm³/mol. The maximum absolute atomic E-state index is 14.1. The van der Waals surface area contributed by atoms with E-state index in [9.17, 15) is 22.4 Å². The van der Waals surface area contributed by atoms with Crippen molar-refractivity contribution in [3.05, 3.63) is 101 Å². The quantitative estimate of drug-likeness (QED) is 0.324. The fourth-order valence-electron chi connectivity index (χ4n) is 4.43. The molecule has 0 spiro atoms. The number of amides is 2. The number of benzene rings is 3. The molecule has 0 fully saturated rings. The standard InChI is InChI=1S/C31H38FN3O4S/c1-5-23(3)33-31(37)29(20-24-12-8-7-9-13-24)34(21-25-16-18-27(32)19-17-25)30(36)22-35(40(4,38)39)28-15-11-10-14-26(28)6-2/h7-19,23,29H,5-6,20-22H2,1-4H3,(H,33,37)/t23-,29-/m0/s1. The second-order valence-electron chi connectivity index (χ2n) is 9.92. The van der Waals surface area contributed by atoms with Gasteiger partial charge in [-0.05, 0) is 54.7 Å². The third-order valence-corrected chi connectivity index (χ3v) is 7.99. The Hall–Kier alpha value is -3.72. The predicted octanol–water partition coefficient (Wildman–Crippen LogP) is 4.71. The van der Waals surface area contributed by atoms with Crippen LogP contribution in [-0.2, 0) is 39.0 Å². The molecule has 3 aromatic carbocycles. The molecule has 0 saturated carbocycles. The molecule has 0 bridgehead atoms. The molecule has 0 radical (unpaired) electrons. The zero-order valence-electron chi connectivity index (χ0n) is 23.5. The summed E-state index contributed by atoms with van der Waals surface area (Å²) < 4.78 is 40.7. The number of rotatable bonds is 13. The topological polar surface area (TPSA) is 86.8 Å². The Morgan fingerprint density at radius 3 is 2.12 bits per heavy atom. The van der Waals surface area contributed by atoms with Crippen molar-refractivity contribution in [2.75, 3.05) is 17.1 Å². The molecule has 2 amide bonds. The zero-order chi connectivity index (χ0) is 29.3. The fourth-order valence-corrected chi connectivity index (χ4v) is 5.31. The van der Waals surface area contributed by atoms with E-state index in [1.807, 2.05) is 63.2 Å². The highest BCUT2D eigenvalue weighted by Gasteiger charge is 2.33. The third-order valence-electron chi connectivity index (χ3n) is 6.86. The van der Waals surface area contributed by atoms with Crippen molar-refractivity contribution < 1.29 is 22.4 Å². The van der Waals surface area contributed by atoms with E-state index >= 15 is 0 Å². The van der Waals surface area contributed by atoms with E-state index in [0.717, 1.165) is 21.7 Å². The van der Waals surface area contributed by atoms with Crippen molar-refractivity contribution >= 4 is 27.5 Å². The van der Waals surface area contributed by atoms with Gasteiger partial charge in [-0.25, -0.2) is 12.8 Å². The Morgan fingerprint density at radius 1 is 0.900 bits per heavy atom. The minimum atomic E-state index is -3.85. The molecule has 0 heterocycles. The summed E-state index contributed by atoms with van der Waals surface area (Å²) in [5.74, 6) is -1.30. The lowest BCUT2D eigenvalue weighted by Crippen LogP contribution is -2.54. The first-order chi connectivity index (χ1) is 19.0. The molecule has 0 saturated heterocycles. The Bertz CT molecular complexity index is 1380. The van der Waals surface area contributed by atoms with Gasteiger partial charge in [0.1, 0.15) is 18.4 Å². The number of carbonyl (C=O) groups excluding carboxylic acids is 2. The average Bonchev–Trinajstić information content (AvgIpc) is 2.94. The maximum atomic E-state index is 14.1. The first kappa shape index (κ1) is 30.8. The van der Waals surface area contributed by atoms with Gasteiger partial charge in [-0.15, -0.1) is 0 Å². The van der Waals surface area contributed by atoms with Gasteiger partial charge in [0.05, 0.1) is 11.9 Å². The van der Waals surface area contributed by atoms with Crippen molar-refractivity contribution in [1.82, 2.24) is 10.2 Å². The number of carbonyl (C=O) groups is 2. The molecule has 3 aromatic rings. The van der Waals surface area contributed by atoms with Gasteiger partial charge in [-0.3, -0.25) is 13.9 Å². The summed E-state index contributed by atoms with van der Waals surface area (Å²) in [5.41, 5.74) is 2.66. The van der Waals surface area contributed by atoms with E-state index in [1.165, 1.54) is 17.0 Å². The molecular formula is C31H38FN3O4S. The van der Waals surface area contributed by atoms with Crippen LogP contribution in [0.2, 0.25) is 0 Å². The average molecular weight is 568 g/mol. The highest BCUT2D eigenvalue weighted by atomic mass is 32.2. The van der Waals surface area contributed by atoms with E-state index in [0.29, 0.717) is 24.1 Å². The molecule has 40 heavy (non-hydrogen) atoms. The van der Waals surface area contributed by atoms with Gasteiger partial charge < -0.3 is 10.2 Å². The Morgan fingerprint density at radius 2 is 1.52 bits per heavy atom. The number of nitrogens with zero attached hydrogens (tertiary/aromatic N) is 2. The van der Waals surface area contributed by atoms with Crippen LogP contribution >= 0.6 is 0 Å². The molecule has 1 N–H and O–H groups in total. The summed E-state index contributed by atoms with van der Waals surface area (Å²) in [7, 11) is -3.85. The summed E-state index contributed by atoms with van der Waals surface area (Å²) in [6, 6.07) is 21.0. The van der Waals surface area contributed by atoms with Crippen LogP contribution in [0.5, 0.6) is 0 Å². The molecular weight excluding hydrogens is 529 g/mol. The van der Waals surface area contributed by atoms with Crippen molar-refractivity contribution in [2.45, 2.75) is 58.7 Å². The van der Waals surface area contributed by atoms with Crippen LogP contribution < -0.4 is 9.62 Å². The number of hydrogen-bond acceptors (Lipinski definition) is 4. The highest BCUT2D eigenvalue weighted by molar-refractivity contribution is 7.92. The first-order valence-corrected chi connectivity index (χ1v) is 15.3. The highest BCUT2D eigenvalue weighted by Crippen LogP contribution is 2.24. The van der Waals surface area contributed by atoms with Crippen LogP contribution in [-0.4, -0.2) is 50.0 Å². The van der Waals surface area contributed by atoms with Gasteiger partial charge in [-0.1, -0.05) is 74.5 Å². The summed E-state index contributed by atoms with van der Waals surface area (Å²) in [6.07, 6.45) is 2.56. The Balaban J connectivity index is 2.07. The van der Waals surface area contributed by atoms with Crippen LogP contribution in [0.25, 0.3) is 0 Å². The van der Waals surface area contributed by atoms with Crippen molar-refractivity contribution in [1.29, 1.82) is 0 Å². The summed E-state index contributed by atoms with van der Waals surface area (Å²) >= 11 is 0. The number of anilines is 1. The maximum Gasteiger partial charge on any atom is 0.244 e. The first-order valence-electron chi connectivity index (χ1n) is 13.5. The van der Waals surface area contributed by atoms with Gasteiger partial charge in [0.2, 0.25) is 21.8 Å². The Kier molecular flexibility index (Phi) is 10.8. The molecule has 0 unspecified atom stereocenters. The van der Waals surface area contributed by atoms with Crippen molar-refractivity contribution in [2.24, 2.45) is 0 Å². The number of aryl methyl sites for hydroxylation is 1. The van der Waals surface area contributed by atoms with E-state index in [-0.39, 0.29) is 24.9 Å². The molecule has 214 valence electrons. The number of hydrogen-bond donors (Lipinski definition) is 1. The molecule has 0 aliphatic rings. The molecule has 9 heteroatoms. The number of sulfonamides is 1. The van der Waals surface area contributed by atoms with Crippen LogP contribution in [0.15, 0.2) is 78.9 Å². The summed E-state index contributed by atoms with van der Waals surface area (Å²) in [4.78, 5) is 29.2. The lowest BCUT2D eigenvalue weighted by atomic mass is 10.0. The minimum Gasteiger partial charge on any atom is -0.352 e. The lowest BCUT2D eigenvalue weighted by Gasteiger charge is -2.34. The van der Waals surface area contributed by atoms with Crippen molar-refractivity contribution in [3.8, 4) is 0 Å². The molecule has 0 aliphatic carbocycles. The van der Waals surface area contributed by atoms with E-state index in [4.69, 9.17) is 0 Å². The molecule has 0 aromatic heterocycles.